The van der Waals surface area contributed by atoms with Crippen LogP contribution in [0.5, 0.6) is 0 Å². The summed E-state index contributed by atoms with van der Waals surface area (Å²) >= 11 is 0. The maximum absolute atomic E-state index is 5.85. The van der Waals surface area contributed by atoms with E-state index in [0.717, 1.165) is 12.1 Å². The van der Waals surface area contributed by atoms with Crippen LogP contribution in [0.3, 0.4) is 0 Å². The minimum absolute atomic E-state index is 1.16. The van der Waals surface area contributed by atoms with Gasteiger partial charge in [0.2, 0.25) is 8.07 Å². The van der Waals surface area contributed by atoms with E-state index in [2.05, 4.69) is 24.9 Å². The van der Waals surface area contributed by atoms with Crippen molar-refractivity contribution in [3.05, 3.63) is 0 Å². The van der Waals surface area contributed by atoms with Gasteiger partial charge in [0.25, 0.3) is 0 Å². The van der Waals surface area contributed by atoms with Gasteiger partial charge < -0.3 is 0 Å². The largest absolute Gasteiger partial charge is 0.216 e. The van der Waals surface area contributed by atoms with E-state index in [9.17, 15) is 0 Å². The zero-order chi connectivity index (χ0) is 17.2. The molecule has 132 valence electrons. The van der Waals surface area contributed by atoms with E-state index in [0.29, 0.717) is 0 Å². The molecule has 1 heteroatoms. The average Bonchev–Trinajstić information content (AvgIpc) is 2.58. The third kappa shape index (κ3) is 12.4. The molecule has 23 heavy (non-hydrogen) atoms. The standard InChI is InChI=1S/C22H40Si/c1-5-9-11-13-15-17-19-21-23(7-3,8-4)22-20-18-16-14-12-10-6-2/h3-4H,5-6,9-22H2,1-2H3. The molecule has 0 amide bonds. The Morgan fingerprint density at radius 2 is 0.826 bits per heavy atom. The van der Waals surface area contributed by atoms with Gasteiger partial charge in [-0.3, -0.25) is 0 Å². The molecule has 0 atom stereocenters. The monoisotopic (exact) mass is 332 g/mol. The van der Waals surface area contributed by atoms with Crippen LogP contribution >= 0.6 is 0 Å². The summed E-state index contributed by atoms with van der Waals surface area (Å²) in [6.07, 6.45) is 30.5. The van der Waals surface area contributed by atoms with E-state index < -0.39 is 8.07 Å². The summed E-state index contributed by atoms with van der Waals surface area (Å²) in [7, 11) is -1.84. The summed E-state index contributed by atoms with van der Waals surface area (Å²) in [5, 5.41) is 0. The number of terminal acetylenes is 2. The predicted molar refractivity (Wildman–Crippen MR) is 109 cm³/mol. The fourth-order valence-corrected chi connectivity index (χ4v) is 5.84. The van der Waals surface area contributed by atoms with Gasteiger partial charge in [0.05, 0.1) is 0 Å². The number of hydrogen-bond donors (Lipinski definition) is 0. The first-order valence-corrected chi connectivity index (χ1v) is 12.6. The quantitative estimate of drug-likeness (QED) is 0.158. The molecule has 0 spiro atoms. The third-order valence-corrected chi connectivity index (χ3v) is 8.49. The van der Waals surface area contributed by atoms with Gasteiger partial charge in [-0.2, -0.15) is 0 Å². The lowest BCUT2D eigenvalue weighted by Gasteiger charge is -2.19. The lowest BCUT2D eigenvalue weighted by molar-refractivity contribution is 0.596. The minimum Gasteiger partial charge on any atom is -0.126 e. The van der Waals surface area contributed by atoms with Crippen molar-refractivity contribution in [2.75, 3.05) is 0 Å². The van der Waals surface area contributed by atoms with E-state index in [-0.39, 0.29) is 0 Å². The number of unbranched alkanes of at least 4 members (excludes halogenated alkanes) is 12. The van der Waals surface area contributed by atoms with Gasteiger partial charge in [-0.1, -0.05) is 104 Å². The van der Waals surface area contributed by atoms with Crippen molar-refractivity contribution in [3.8, 4) is 23.9 Å². The van der Waals surface area contributed by atoms with E-state index in [1.807, 2.05) is 0 Å². The molecule has 0 heterocycles. The van der Waals surface area contributed by atoms with Crippen LogP contribution in [0.15, 0.2) is 0 Å². The molecule has 0 unspecified atom stereocenters. The van der Waals surface area contributed by atoms with E-state index in [4.69, 9.17) is 12.8 Å². The van der Waals surface area contributed by atoms with Crippen LogP contribution in [0, 0.1) is 23.9 Å². The first-order chi connectivity index (χ1) is 11.2. The highest BCUT2D eigenvalue weighted by molar-refractivity contribution is 6.94. The van der Waals surface area contributed by atoms with Crippen LogP contribution in [-0.2, 0) is 0 Å². The van der Waals surface area contributed by atoms with E-state index >= 15 is 0 Å². The van der Waals surface area contributed by atoms with Crippen LogP contribution < -0.4 is 0 Å². The Labute approximate surface area is 148 Å². The zero-order valence-electron chi connectivity index (χ0n) is 16.0. The predicted octanol–water partition coefficient (Wildman–Crippen LogP) is 7.28. The molecule has 0 bridgehead atoms. The fraction of sp³-hybridized carbons (Fsp3) is 0.818. The van der Waals surface area contributed by atoms with E-state index in [1.165, 1.54) is 89.9 Å². The molecular weight excluding hydrogens is 292 g/mol. The lowest BCUT2D eigenvalue weighted by atomic mass is 10.1. The first-order valence-electron chi connectivity index (χ1n) is 10.2. The molecule has 0 aromatic carbocycles. The van der Waals surface area contributed by atoms with Crippen molar-refractivity contribution in [1.82, 2.24) is 0 Å². The Morgan fingerprint density at radius 1 is 0.522 bits per heavy atom. The second kappa shape index (κ2) is 16.2. The van der Waals surface area contributed by atoms with Crippen molar-refractivity contribution < 1.29 is 0 Å². The first kappa shape index (κ1) is 22.3. The summed E-state index contributed by atoms with van der Waals surface area (Å²) in [6, 6.07) is 2.31. The summed E-state index contributed by atoms with van der Waals surface area (Å²) in [4.78, 5) is 0. The van der Waals surface area contributed by atoms with Crippen LogP contribution in [0.1, 0.15) is 104 Å². The molecule has 0 N–H and O–H groups in total. The zero-order valence-corrected chi connectivity index (χ0v) is 17.0. The molecule has 0 saturated heterocycles. The van der Waals surface area contributed by atoms with Crippen molar-refractivity contribution in [2.45, 2.75) is 116 Å². The molecule has 0 nitrogen and oxygen atoms in total. The summed E-state index contributed by atoms with van der Waals surface area (Å²) in [5.41, 5.74) is 6.18. The average molecular weight is 333 g/mol. The summed E-state index contributed by atoms with van der Waals surface area (Å²) < 4.78 is 0. The Balaban J connectivity index is 3.80. The van der Waals surface area contributed by atoms with Gasteiger partial charge in [0.1, 0.15) is 0 Å². The van der Waals surface area contributed by atoms with Crippen LogP contribution in [-0.4, -0.2) is 8.07 Å². The highest BCUT2D eigenvalue weighted by atomic mass is 28.3. The van der Waals surface area contributed by atoms with Crippen molar-refractivity contribution >= 4 is 8.07 Å². The Morgan fingerprint density at radius 3 is 1.13 bits per heavy atom. The fourth-order valence-electron chi connectivity index (χ4n) is 3.22. The molecule has 0 aliphatic carbocycles. The topological polar surface area (TPSA) is 0 Å². The molecule has 0 saturated carbocycles. The molecule has 0 aromatic rings. The second-order valence-corrected chi connectivity index (χ2v) is 10.9. The molecule has 0 rings (SSSR count). The summed E-state index contributed by atoms with van der Waals surface area (Å²) in [5.74, 6) is 0. The van der Waals surface area contributed by atoms with Crippen molar-refractivity contribution in [3.63, 3.8) is 0 Å². The molecule has 0 fully saturated rings. The Hall–Kier alpha value is -0.663. The van der Waals surface area contributed by atoms with Gasteiger partial charge >= 0.3 is 0 Å². The maximum Gasteiger partial charge on any atom is 0.216 e. The smallest absolute Gasteiger partial charge is 0.126 e. The lowest BCUT2D eigenvalue weighted by Crippen LogP contribution is -2.30. The van der Waals surface area contributed by atoms with Gasteiger partial charge in [0.15, 0.2) is 0 Å². The van der Waals surface area contributed by atoms with Gasteiger partial charge in [-0.25, -0.2) is 0 Å². The van der Waals surface area contributed by atoms with Crippen LogP contribution in [0.4, 0.5) is 0 Å². The third-order valence-electron chi connectivity index (χ3n) is 4.97. The van der Waals surface area contributed by atoms with Crippen LogP contribution in [0.25, 0.3) is 0 Å². The van der Waals surface area contributed by atoms with Gasteiger partial charge in [0, 0.05) is 0 Å². The Kier molecular flexibility index (Phi) is 15.7. The maximum atomic E-state index is 5.85. The SMILES string of the molecule is C#C[Si](C#C)(CCCCCCCCC)CCCCCCCCC. The molecule has 0 radical (unpaired) electrons. The van der Waals surface area contributed by atoms with E-state index in [1.54, 1.807) is 0 Å². The number of rotatable bonds is 16. The summed E-state index contributed by atoms with van der Waals surface area (Å²) in [6.45, 7) is 4.53. The molecule has 0 aliphatic heterocycles. The number of hydrogen-bond acceptors (Lipinski definition) is 0. The highest BCUT2D eigenvalue weighted by Crippen LogP contribution is 2.22. The van der Waals surface area contributed by atoms with Crippen molar-refractivity contribution in [1.29, 1.82) is 0 Å². The minimum atomic E-state index is -1.84. The van der Waals surface area contributed by atoms with Crippen molar-refractivity contribution in [2.24, 2.45) is 0 Å². The Bertz CT molecular complexity index is 297. The van der Waals surface area contributed by atoms with Gasteiger partial charge in [-0.15, -0.1) is 23.9 Å². The second-order valence-electron chi connectivity index (χ2n) is 7.11. The van der Waals surface area contributed by atoms with Gasteiger partial charge in [-0.05, 0) is 12.1 Å². The molecule has 0 aromatic heterocycles. The molecule has 0 aliphatic rings. The molecular formula is C22H40Si. The normalized spacial score (nSPS) is 11.1. The highest BCUT2D eigenvalue weighted by Gasteiger charge is 2.27. The van der Waals surface area contributed by atoms with Crippen LogP contribution in [0.2, 0.25) is 12.1 Å².